The van der Waals surface area contributed by atoms with E-state index in [2.05, 4.69) is 22.8 Å². The number of ether oxygens (including phenoxy) is 2. The van der Waals surface area contributed by atoms with Gasteiger partial charge in [-0.3, -0.25) is 9.59 Å². The Hall–Kier alpha value is -3.39. The molecule has 1 aliphatic carbocycles. The van der Waals surface area contributed by atoms with Crippen LogP contribution in [0.25, 0.3) is 11.1 Å². The van der Waals surface area contributed by atoms with Gasteiger partial charge >= 0.3 is 12.1 Å². The van der Waals surface area contributed by atoms with Gasteiger partial charge in [-0.1, -0.05) is 55.5 Å². The molecule has 0 bridgehead atoms. The molecule has 35 heavy (non-hydrogen) atoms. The zero-order valence-electron chi connectivity index (χ0n) is 20.7. The largest absolute Gasteiger partial charge is 0.481 e. The molecule has 2 amide bonds. The minimum Gasteiger partial charge on any atom is -0.481 e. The quantitative estimate of drug-likeness (QED) is 0.473. The van der Waals surface area contributed by atoms with E-state index >= 15 is 0 Å². The molecule has 2 aromatic rings. The molecule has 0 heterocycles. The maximum absolute atomic E-state index is 12.8. The van der Waals surface area contributed by atoms with Crippen LogP contribution in [0.4, 0.5) is 4.79 Å². The topological polar surface area (TPSA) is 114 Å². The van der Waals surface area contributed by atoms with E-state index in [-0.39, 0.29) is 25.7 Å². The lowest BCUT2D eigenvalue weighted by atomic mass is 9.98. The summed E-state index contributed by atoms with van der Waals surface area (Å²) in [7, 11) is 0. The first-order chi connectivity index (χ1) is 16.6. The van der Waals surface area contributed by atoms with Crippen LogP contribution < -0.4 is 10.6 Å². The van der Waals surface area contributed by atoms with Crippen LogP contribution in [0.2, 0.25) is 0 Å². The molecule has 0 spiro atoms. The van der Waals surface area contributed by atoms with Crippen molar-refractivity contribution in [2.75, 3.05) is 19.8 Å². The van der Waals surface area contributed by atoms with E-state index in [1.165, 1.54) is 0 Å². The molecule has 3 N–H and O–H groups in total. The van der Waals surface area contributed by atoms with Crippen LogP contribution in [0.5, 0.6) is 0 Å². The molecule has 0 aliphatic heterocycles. The Balaban J connectivity index is 1.65. The molecule has 0 saturated carbocycles. The second-order valence-electron chi connectivity index (χ2n) is 9.63. The maximum atomic E-state index is 12.8. The highest BCUT2D eigenvalue weighted by molar-refractivity contribution is 5.86. The molecule has 8 heteroatoms. The number of aliphatic carboxylic acids is 1. The minimum absolute atomic E-state index is 0.0386. The monoisotopic (exact) mass is 482 g/mol. The Labute approximate surface area is 206 Å². The molecule has 2 aromatic carbocycles. The van der Waals surface area contributed by atoms with Crippen molar-refractivity contribution in [1.29, 1.82) is 0 Å². The molecule has 2 atom stereocenters. The van der Waals surface area contributed by atoms with Crippen molar-refractivity contribution in [3.8, 4) is 11.1 Å². The van der Waals surface area contributed by atoms with Gasteiger partial charge in [0.15, 0.2) is 0 Å². The van der Waals surface area contributed by atoms with Gasteiger partial charge in [0.1, 0.15) is 12.6 Å². The summed E-state index contributed by atoms with van der Waals surface area (Å²) in [6.45, 7) is 7.25. The van der Waals surface area contributed by atoms with Gasteiger partial charge in [-0.2, -0.15) is 0 Å². The van der Waals surface area contributed by atoms with Crippen LogP contribution in [0.3, 0.4) is 0 Å². The van der Waals surface area contributed by atoms with E-state index < -0.39 is 35.5 Å². The molecule has 3 rings (SSSR count). The Morgan fingerprint density at radius 3 is 2.09 bits per heavy atom. The number of carboxylic acid groups (broad SMARTS) is 1. The lowest BCUT2D eigenvalue weighted by molar-refractivity contribution is -0.141. The lowest BCUT2D eigenvalue weighted by Gasteiger charge is -2.25. The van der Waals surface area contributed by atoms with Crippen LogP contribution in [0.1, 0.15) is 51.2 Å². The van der Waals surface area contributed by atoms with Crippen molar-refractivity contribution in [1.82, 2.24) is 10.6 Å². The number of carbonyl (C=O) groups is 3. The Bertz CT molecular complexity index is 1020. The average molecular weight is 483 g/mol. The first kappa shape index (κ1) is 26.2. The number of benzene rings is 2. The van der Waals surface area contributed by atoms with Crippen molar-refractivity contribution >= 4 is 18.0 Å². The molecule has 1 unspecified atom stereocenters. The number of fused-ring (bicyclic) bond motifs is 3. The van der Waals surface area contributed by atoms with Crippen molar-refractivity contribution in [2.24, 2.45) is 5.92 Å². The summed E-state index contributed by atoms with van der Waals surface area (Å²) in [6.07, 6.45) is -0.367. The minimum atomic E-state index is -1.03. The lowest BCUT2D eigenvalue weighted by Crippen LogP contribution is -2.51. The standard InChI is InChI=1S/C27H34N2O6/c1-5-17(25(31)32)14-28-24(30)23(16-35-27(2,3)4)29-26(33)34-15-22-20-12-8-6-10-18(20)19-11-7-9-13-21(19)22/h6-13,17,22-23H,5,14-16H2,1-4H3,(H,28,30)(H,29,33)(H,31,32)/t17?,23-/m0/s1. The van der Waals surface area contributed by atoms with E-state index in [0.29, 0.717) is 6.42 Å². The fraction of sp³-hybridized carbons (Fsp3) is 0.444. The first-order valence-corrected chi connectivity index (χ1v) is 11.9. The molecule has 188 valence electrons. The molecule has 1 aliphatic rings. The van der Waals surface area contributed by atoms with Crippen molar-refractivity contribution < 1.29 is 29.0 Å². The predicted molar refractivity (Wildman–Crippen MR) is 132 cm³/mol. The fourth-order valence-electron chi connectivity index (χ4n) is 4.05. The van der Waals surface area contributed by atoms with E-state index in [1.54, 1.807) is 6.92 Å². The highest BCUT2D eigenvalue weighted by Crippen LogP contribution is 2.44. The van der Waals surface area contributed by atoms with Gasteiger partial charge in [0.2, 0.25) is 5.91 Å². The number of amides is 2. The van der Waals surface area contributed by atoms with Gasteiger partial charge in [0.05, 0.1) is 18.1 Å². The summed E-state index contributed by atoms with van der Waals surface area (Å²) < 4.78 is 11.3. The second-order valence-corrected chi connectivity index (χ2v) is 9.63. The SMILES string of the molecule is CCC(CNC(=O)[C@H](COC(C)(C)C)NC(=O)OCC1c2ccccc2-c2ccccc21)C(=O)O. The summed E-state index contributed by atoms with van der Waals surface area (Å²) in [5, 5.41) is 14.4. The van der Waals surface area contributed by atoms with Crippen molar-refractivity contribution in [2.45, 2.75) is 51.7 Å². The maximum Gasteiger partial charge on any atom is 0.407 e. The van der Waals surface area contributed by atoms with Crippen LogP contribution in [-0.2, 0) is 19.1 Å². The second kappa shape index (κ2) is 11.4. The van der Waals surface area contributed by atoms with Gasteiger partial charge in [-0.15, -0.1) is 0 Å². The molecule has 8 nitrogen and oxygen atoms in total. The van der Waals surface area contributed by atoms with Crippen molar-refractivity contribution in [3.63, 3.8) is 0 Å². The number of hydrogen-bond donors (Lipinski definition) is 3. The summed E-state index contributed by atoms with van der Waals surface area (Å²) in [5.74, 6) is -2.33. The zero-order valence-corrected chi connectivity index (χ0v) is 20.7. The third-order valence-corrected chi connectivity index (χ3v) is 6.00. The number of hydrogen-bond acceptors (Lipinski definition) is 5. The van der Waals surface area contributed by atoms with Crippen LogP contribution in [-0.4, -0.2) is 54.5 Å². The molecular formula is C27H34N2O6. The van der Waals surface area contributed by atoms with Crippen LogP contribution in [0, 0.1) is 5.92 Å². The number of nitrogens with one attached hydrogen (secondary N) is 2. The molecular weight excluding hydrogens is 448 g/mol. The smallest absolute Gasteiger partial charge is 0.407 e. The third-order valence-electron chi connectivity index (χ3n) is 6.00. The van der Waals surface area contributed by atoms with Gasteiger partial charge in [0, 0.05) is 12.5 Å². The summed E-state index contributed by atoms with van der Waals surface area (Å²) in [4.78, 5) is 36.7. The molecule has 0 radical (unpaired) electrons. The number of alkyl carbamates (subject to hydrolysis) is 1. The summed E-state index contributed by atoms with van der Waals surface area (Å²) in [5.41, 5.74) is 3.89. The fourth-order valence-corrected chi connectivity index (χ4v) is 4.05. The van der Waals surface area contributed by atoms with Crippen molar-refractivity contribution in [3.05, 3.63) is 59.7 Å². The van der Waals surface area contributed by atoms with E-state index in [1.807, 2.05) is 57.2 Å². The molecule has 0 fully saturated rings. The zero-order chi connectivity index (χ0) is 25.6. The van der Waals surface area contributed by atoms with E-state index in [9.17, 15) is 19.5 Å². The Kier molecular flexibility index (Phi) is 8.51. The molecule has 0 saturated heterocycles. The third kappa shape index (κ3) is 6.82. The van der Waals surface area contributed by atoms with Gasteiger partial charge in [-0.05, 0) is 49.4 Å². The summed E-state index contributed by atoms with van der Waals surface area (Å²) >= 11 is 0. The van der Waals surface area contributed by atoms with Gasteiger partial charge in [-0.25, -0.2) is 4.79 Å². The first-order valence-electron chi connectivity index (χ1n) is 11.9. The highest BCUT2D eigenvalue weighted by atomic mass is 16.5. The van der Waals surface area contributed by atoms with Crippen LogP contribution in [0.15, 0.2) is 48.5 Å². The van der Waals surface area contributed by atoms with E-state index in [0.717, 1.165) is 22.3 Å². The Morgan fingerprint density at radius 2 is 1.57 bits per heavy atom. The highest BCUT2D eigenvalue weighted by Gasteiger charge is 2.30. The number of carbonyl (C=O) groups excluding carboxylic acids is 2. The summed E-state index contributed by atoms with van der Waals surface area (Å²) in [6, 6.07) is 15.0. The number of rotatable bonds is 10. The molecule has 0 aromatic heterocycles. The predicted octanol–water partition coefficient (Wildman–Crippen LogP) is 3.94. The number of carboxylic acids is 1. The van der Waals surface area contributed by atoms with Gasteiger partial charge in [0.25, 0.3) is 0 Å². The average Bonchev–Trinajstić information content (AvgIpc) is 3.13. The van der Waals surface area contributed by atoms with E-state index in [4.69, 9.17) is 9.47 Å². The Morgan fingerprint density at radius 1 is 1.00 bits per heavy atom. The van der Waals surface area contributed by atoms with Gasteiger partial charge < -0.3 is 25.2 Å². The van der Waals surface area contributed by atoms with Crippen LogP contribution >= 0.6 is 0 Å². The normalized spacial score (nSPS) is 14.4.